The summed E-state index contributed by atoms with van der Waals surface area (Å²) in [6.45, 7) is 0. The Kier molecular flexibility index (Phi) is 6.09. The van der Waals surface area contributed by atoms with E-state index < -0.39 is 23.5 Å². The monoisotopic (exact) mass is 417 g/mol. The van der Waals surface area contributed by atoms with E-state index in [0.717, 1.165) is 12.1 Å². The third kappa shape index (κ3) is 5.30. The van der Waals surface area contributed by atoms with Crippen molar-refractivity contribution in [3.8, 4) is 11.5 Å². The molecule has 0 aliphatic rings. The third-order valence-electron chi connectivity index (χ3n) is 3.87. The fraction of sp³-hybridized carbons (Fsp3) is 0.0476. The first-order valence-corrected chi connectivity index (χ1v) is 8.74. The molecule has 5 nitrogen and oxygen atoms in total. The highest BCUT2D eigenvalue weighted by molar-refractivity contribution is 6.32. The molecular weight excluding hydrogens is 404 g/mol. The molecule has 0 spiro atoms. The van der Waals surface area contributed by atoms with Crippen LogP contribution in [0.2, 0.25) is 5.02 Å². The van der Waals surface area contributed by atoms with Crippen LogP contribution < -0.4 is 10.1 Å². The van der Waals surface area contributed by atoms with Crippen LogP contribution in [0.5, 0.6) is 11.5 Å². The number of halogens is 3. The lowest BCUT2D eigenvalue weighted by molar-refractivity contribution is -0.136. The molecule has 0 atom stereocenters. The lowest BCUT2D eigenvalue weighted by atomic mass is 10.1. The molecule has 0 aromatic heterocycles. The molecule has 3 aromatic rings. The molecule has 2 N–H and O–H groups in total. The topological polar surface area (TPSA) is 75.6 Å². The highest BCUT2D eigenvalue weighted by Crippen LogP contribution is 2.31. The summed E-state index contributed by atoms with van der Waals surface area (Å²) in [6.07, 6.45) is -0.146. The van der Waals surface area contributed by atoms with E-state index in [4.69, 9.17) is 21.4 Å². The molecule has 0 fully saturated rings. The van der Waals surface area contributed by atoms with E-state index in [1.54, 1.807) is 36.4 Å². The first kappa shape index (κ1) is 20.3. The maximum atomic E-state index is 13.2. The van der Waals surface area contributed by atoms with Crippen molar-refractivity contribution in [3.05, 3.63) is 88.4 Å². The molecule has 0 unspecified atom stereocenters. The molecule has 0 aliphatic heterocycles. The number of anilines is 1. The Morgan fingerprint density at radius 3 is 2.31 bits per heavy atom. The zero-order valence-electron chi connectivity index (χ0n) is 14.8. The van der Waals surface area contributed by atoms with Gasteiger partial charge in [0, 0.05) is 11.3 Å². The number of carboxylic acids is 1. The van der Waals surface area contributed by atoms with Gasteiger partial charge < -0.3 is 15.2 Å². The van der Waals surface area contributed by atoms with Gasteiger partial charge >= 0.3 is 5.97 Å². The van der Waals surface area contributed by atoms with Crippen molar-refractivity contribution >= 4 is 29.2 Å². The maximum absolute atomic E-state index is 13.2. The largest absolute Gasteiger partial charge is 0.481 e. The van der Waals surface area contributed by atoms with Gasteiger partial charge in [-0.1, -0.05) is 17.7 Å². The number of aliphatic carboxylic acids is 1. The molecule has 0 bridgehead atoms. The van der Waals surface area contributed by atoms with Crippen molar-refractivity contribution in [2.45, 2.75) is 6.42 Å². The summed E-state index contributed by atoms with van der Waals surface area (Å²) < 4.78 is 31.9. The number of benzene rings is 3. The Balaban J connectivity index is 1.66. The van der Waals surface area contributed by atoms with Crippen LogP contribution in [-0.4, -0.2) is 17.0 Å². The highest BCUT2D eigenvalue weighted by Gasteiger charge is 2.11. The van der Waals surface area contributed by atoms with E-state index in [1.807, 2.05) is 0 Å². The third-order valence-corrected chi connectivity index (χ3v) is 4.17. The van der Waals surface area contributed by atoms with Gasteiger partial charge in [0.1, 0.15) is 11.5 Å². The van der Waals surface area contributed by atoms with Gasteiger partial charge in [-0.15, -0.1) is 0 Å². The molecule has 0 heterocycles. The molecule has 0 radical (unpaired) electrons. The lowest BCUT2D eigenvalue weighted by Gasteiger charge is -2.10. The van der Waals surface area contributed by atoms with Crippen molar-refractivity contribution in [2.75, 3.05) is 5.32 Å². The van der Waals surface area contributed by atoms with E-state index >= 15 is 0 Å². The number of ether oxygens (including phenoxy) is 1. The van der Waals surface area contributed by atoms with Crippen molar-refractivity contribution in [1.82, 2.24) is 0 Å². The van der Waals surface area contributed by atoms with Crippen molar-refractivity contribution in [1.29, 1.82) is 0 Å². The van der Waals surface area contributed by atoms with Gasteiger partial charge in [-0.3, -0.25) is 9.59 Å². The molecular formula is C21H14ClF2NO4. The molecule has 3 rings (SSSR count). The van der Waals surface area contributed by atoms with E-state index in [0.29, 0.717) is 22.7 Å². The second kappa shape index (κ2) is 8.70. The number of amides is 1. The number of nitrogens with one attached hydrogen (secondary N) is 1. The summed E-state index contributed by atoms with van der Waals surface area (Å²) in [5, 5.41) is 11.6. The standard InChI is InChI=1S/C21H14ClF2NO4/c22-16-9-12(10-20(26)27)1-8-19(16)29-15-5-3-14(4-6-15)25-21(28)13-2-7-17(23)18(24)11-13/h1-9,11H,10H2,(H,25,28)(H,26,27). The summed E-state index contributed by atoms with van der Waals surface area (Å²) in [5.41, 5.74) is 0.956. The fourth-order valence-electron chi connectivity index (χ4n) is 2.49. The predicted octanol–water partition coefficient (Wildman–Crippen LogP) is 5.29. The Morgan fingerprint density at radius 2 is 1.69 bits per heavy atom. The van der Waals surface area contributed by atoms with Crippen LogP contribution in [0.3, 0.4) is 0 Å². The normalized spacial score (nSPS) is 10.4. The van der Waals surface area contributed by atoms with Gasteiger partial charge in [-0.05, 0) is 60.2 Å². The highest BCUT2D eigenvalue weighted by atomic mass is 35.5. The molecule has 1 amide bonds. The zero-order valence-corrected chi connectivity index (χ0v) is 15.5. The number of hydrogen-bond acceptors (Lipinski definition) is 3. The summed E-state index contributed by atoms with van der Waals surface area (Å²) in [6, 6.07) is 13.9. The molecule has 0 aliphatic carbocycles. The second-order valence-electron chi connectivity index (χ2n) is 6.04. The maximum Gasteiger partial charge on any atom is 0.307 e. The average Bonchev–Trinajstić information content (AvgIpc) is 2.67. The van der Waals surface area contributed by atoms with Crippen LogP contribution in [0.25, 0.3) is 0 Å². The van der Waals surface area contributed by atoms with Gasteiger partial charge in [0.2, 0.25) is 0 Å². The Bertz CT molecular complexity index is 1070. The molecule has 148 valence electrons. The second-order valence-corrected chi connectivity index (χ2v) is 6.45. The quantitative estimate of drug-likeness (QED) is 0.571. The minimum Gasteiger partial charge on any atom is -0.481 e. The smallest absolute Gasteiger partial charge is 0.307 e. The zero-order chi connectivity index (χ0) is 21.0. The molecule has 29 heavy (non-hydrogen) atoms. The van der Waals surface area contributed by atoms with Crippen LogP contribution >= 0.6 is 11.6 Å². The van der Waals surface area contributed by atoms with Crippen LogP contribution in [0.4, 0.5) is 14.5 Å². The fourth-order valence-corrected chi connectivity index (χ4v) is 2.73. The summed E-state index contributed by atoms with van der Waals surface area (Å²) in [5.74, 6) is -2.90. The SMILES string of the molecule is O=C(O)Cc1ccc(Oc2ccc(NC(=O)c3ccc(F)c(F)c3)cc2)c(Cl)c1. The molecule has 8 heteroatoms. The van der Waals surface area contributed by atoms with Gasteiger partial charge in [0.25, 0.3) is 5.91 Å². The number of carbonyl (C=O) groups excluding carboxylic acids is 1. The average molecular weight is 418 g/mol. The minimum atomic E-state index is -1.10. The van der Waals surface area contributed by atoms with E-state index in [1.165, 1.54) is 12.1 Å². The van der Waals surface area contributed by atoms with Gasteiger partial charge in [0.15, 0.2) is 11.6 Å². The summed E-state index contributed by atoms with van der Waals surface area (Å²) >= 11 is 6.12. The summed E-state index contributed by atoms with van der Waals surface area (Å²) in [4.78, 5) is 22.9. The van der Waals surface area contributed by atoms with Crippen LogP contribution in [-0.2, 0) is 11.2 Å². The van der Waals surface area contributed by atoms with Crippen LogP contribution in [0, 0.1) is 11.6 Å². The van der Waals surface area contributed by atoms with Crippen molar-refractivity contribution in [2.24, 2.45) is 0 Å². The number of carboxylic acid groups (broad SMARTS) is 1. The number of rotatable bonds is 6. The first-order chi connectivity index (χ1) is 13.8. The molecule has 0 saturated heterocycles. The van der Waals surface area contributed by atoms with Crippen molar-refractivity contribution < 1.29 is 28.2 Å². The van der Waals surface area contributed by atoms with E-state index in [9.17, 15) is 18.4 Å². The Hall–Kier alpha value is -3.45. The Morgan fingerprint density at radius 1 is 0.966 bits per heavy atom. The molecule has 3 aromatic carbocycles. The van der Waals surface area contributed by atoms with Gasteiger partial charge in [-0.25, -0.2) is 8.78 Å². The number of carbonyl (C=O) groups is 2. The van der Waals surface area contributed by atoms with Gasteiger partial charge in [0.05, 0.1) is 11.4 Å². The number of hydrogen-bond donors (Lipinski definition) is 2. The minimum absolute atomic E-state index is 0.0162. The first-order valence-electron chi connectivity index (χ1n) is 8.36. The van der Waals surface area contributed by atoms with E-state index in [2.05, 4.69) is 5.32 Å². The van der Waals surface area contributed by atoms with Crippen LogP contribution in [0.1, 0.15) is 15.9 Å². The predicted molar refractivity (Wildman–Crippen MR) is 104 cm³/mol. The van der Waals surface area contributed by atoms with E-state index in [-0.39, 0.29) is 17.0 Å². The van der Waals surface area contributed by atoms with Gasteiger partial charge in [-0.2, -0.15) is 0 Å². The summed E-state index contributed by atoms with van der Waals surface area (Å²) in [7, 11) is 0. The lowest BCUT2D eigenvalue weighted by Crippen LogP contribution is -2.12. The van der Waals surface area contributed by atoms with Crippen molar-refractivity contribution in [3.63, 3.8) is 0 Å². The van der Waals surface area contributed by atoms with Crippen LogP contribution in [0.15, 0.2) is 60.7 Å². The Labute approximate surface area is 169 Å². The molecule has 0 saturated carbocycles.